The fraction of sp³-hybridized carbons (Fsp3) is 0.556. The summed E-state index contributed by atoms with van der Waals surface area (Å²) in [5, 5.41) is 15.7. The van der Waals surface area contributed by atoms with Crippen LogP contribution in [0.25, 0.3) is 0 Å². The van der Waals surface area contributed by atoms with E-state index < -0.39 is 6.10 Å². The number of methoxy groups -OCH3 is 1. The normalized spacial score (nSPS) is 22.8. The van der Waals surface area contributed by atoms with E-state index in [1.54, 1.807) is 24.1 Å². The van der Waals surface area contributed by atoms with E-state index in [1.165, 1.54) is 0 Å². The molecule has 136 valence electrons. The zero-order valence-electron chi connectivity index (χ0n) is 14.6. The Morgan fingerprint density at radius 2 is 2.12 bits per heavy atom. The highest BCUT2D eigenvalue weighted by Crippen LogP contribution is 2.23. The Kier molecular flexibility index (Phi) is 5.24. The third kappa shape index (κ3) is 4.29. The van der Waals surface area contributed by atoms with Crippen molar-refractivity contribution < 1.29 is 19.4 Å². The first-order valence-corrected chi connectivity index (χ1v) is 8.64. The number of hydrogen-bond acceptors (Lipinski definition) is 4. The minimum absolute atomic E-state index is 0.119. The van der Waals surface area contributed by atoms with Crippen LogP contribution in [0.1, 0.15) is 35.2 Å². The number of nitrogens with zero attached hydrogens (tertiary/aromatic N) is 1. The zero-order chi connectivity index (χ0) is 18.0. The first kappa shape index (κ1) is 17.7. The average Bonchev–Trinajstić information content (AvgIpc) is 3.30. The molecule has 0 radical (unpaired) electrons. The summed E-state index contributed by atoms with van der Waals surface area (Å²) in [4.78, 5) is 26.4. The molecular weight excluding hydrogens is 322 g/mol. The molecule has 2 aliphatic rings. The molecule has 1 aliphatic carbocycles. The van der Waals surface area contributed by atoms with Gasteiger partial charge in [0.2, 0.25) is 0 Å². The van der Waals surface area contributed by atoms with Gasteiger partial charge >= 0.3 is 6.03 Å². The Balaban J connectivity index is 1.70. The molecule has 1 saturated carbocycles. The molecule has 2 fully saturated rings. The van der Waals surface area contributed by atoms with Gasteiger partial charge in [-0.15, -0.1) is 0 Å². The van der Waals surface area contributed by atoms with E-state index in [2.05, 4.69) is 10.6 Å². The minimum Gasteiger partial charge on any atom is -0.391 e. The summed E-state index contributed by atoms with van der Waals surface area (Å²) in [5.74, 6) is -0.119. The van der Waals surface area contributed by atoms with Gasteiger partial charge in [0.1, 0.15) is 0 Å². The van der Waals surface area contributed by atoms with Gasteiger partial charge < -0.3 is 25.4 Å². The topological polar surface area (TPSA) is 90.9 Å². The predicted octanol–water partition coefficient (Wildman–Crippen LogP) is 1.50. The lowest BCUT2D eigenvalue weighted by Crippen LogP contribution is -2.41. The van der Waals surface area contributed by atoms with Gasteiger partial charge in [-0.05, 0) is 43.9 Å². The number of carbonyl (C=O) groups excluding carboxylic acids is 2. The second-order valence-corrected chi connectivity index (χ2v) is 6.86. The Labute approximate surface area is 147 Å². The summed E-state index contributed by atoms with van der Waals surface area (Å²) >= 11 is 0. The molecule has 7 heteroatoms. The van der Waals surface area contributed by atoms with E-state index in [0.717, 1.165) is 18.4 Å². The number of ether oxygens (including phenoxy) is 1. The lowest BCUT2D eigenvalue weighted by Gasteiger charge is -2.24. The number of aliphatic hydroxyl groups excluding tert-OH is 1. The molecule has 3 N–H and O–H groups in total. The number of hydrogen-bond donors (Lipinski definition) is 3. The van der Waals surface area contributed by atoms with Crippen LogP contribution in [0.15, 0.2) is 18.2 Å². The van der Waals surface area contributed by atoms with Gasteiger partial charge in [-0.1, -0.05) is 6.07 Å². The second kappa shape index (κ2) is 7.41. The van der Waals surface area contributed by atoms with Crippen molar-refractivity contribution >= 4 is 17.6 Å². The van der Waals surface area contributed by atoms with Gasteiger partial charge in [-0.3, -0.25) is 4.79 Å². The van der Waals surface area contributed by atoms with Crippen LogP contribution in [-0.4, -0.2) is 60.4 Å². The zero-order valence-corrected chi connectivity index (χ0v) is 14.6. The van der Waals surface area contributed by atoms with Gasteiger partial charge in [0.15, 0.2) is 0 Å². The van der Waals surface area contributed by atoms with Crippen molar-refractivity contribution in [3.63, 3.8) is 0 Å². The Morgan fingerprint density at radius 3 is 2.80 bits per heavy atom. The van der Waals surface area contributed by atoms with Gasteiger partial charge in [0.05, 0.1) is 18.8 Å². The first-order valence-electron chi connectivity index (χ1n) is 8.64. The van der Waals surface area contributed by atoms with Crippen molar-refractivity contribution in [3.05, 3.63) is 29.3 Å². The molecule has 3 amide bonds. The Bertz CT molecular complexity index is 660. The Hall–Kier alpha value is -2.12. The molecule has 2 atom stereocenters. The van der Waals surface area contributed by atoms with E-state index in [0.29, 0.717) is 24.3 Å². The summed E-state index contributed by atoms with van der Waals surface area (Å²) in [7, 11) is 1.58. The van der Waals surface area contributed by atoms with E-state index >= 15 is 0 Å². The molecule has 1 aromatic carbocycles. The number of benzene rings is 1. The molecule has 3 rings (SSSR count). The highest BCUT2D eigenvalue weighted by atomic mass is 16.5. The molecule has 1 saturated heterocycles. The van der Waals surface area contributed by atoms with E-state index in [9.17, 15) is 14.7 Å². The molecule has 0 bridgehead atoms. The number of rotatable bonds is 5. The number of aryl methyl sites for hydroxylation is 1. The van der Waals surface area contributed by atoms with Crippen LogP contribution in [0, 0.1) is 6.92 Å². The van der Waals surface area contributed by atoms with Gasteiger partial charge in [0, 0.05) is 30.9 Å². The van der Waals surface area contributed by atoms with Crippen LogP contribution in [-0.2, 0) is 4.74 Å². The molecule has 0 unspecified atom stereocenters. The molecule has 1 aliphatic heterocycles. The van der Waals surface area contributed by atoms with Crippen LogP contribution in [0.2, 0.25) is 0 Å². The molecule has 25 heavy (non-hydrogen) atoms. The third-order valence-corrected chi connectivity index (χ3v) is 4.67. The van der Waals surface area contributed by atoms with E-state index in [1.807, 2.05) is 13.0 Å². The van der Waals surface area contributed by atoms with Crippen molar-refractivity contribution in [3.8, 4) is 0 Å². The van der Waals surface area contributed by atoms with Crippen molar-refractivity contribution in [2.45, 2.75) is 44.4 Å². The van der Waals surface area contributed by atoms with Crippen LogP contribution in [0.3, 0.4) is 0 Å². The smallest absolute Gasteiger partial charge is 0.322 e. The molecule has 0 spiro atoms. The number of anilines is 1. The number of carbonyl (C=O) groups is 2. The number of amides is 3. The fourth-order valence-corrected chi connectivity index (χ4v) is 3.07. The van der Waals surface area contributed by atoms with Gasteiger partial charge in [0.25, 0.3) is 5.91 Å². The number of β-amino-alcohol motifs (C(OH)–C–C–N with tert-alkyl or cyclic N) is 1. The summed E-state index contributed by atoms with van der Waals surface area (Å²) in [6.45, 7) is 2.54. The summed E-state index contributed by atoms with van der Waals surface area (Å²) in [6, 6.07) is 5.12. The number of likely N-dealkylation sites (tertiary alicyclic amines) is 1. The largest absolute Gasteiger partial charge is 0.391 e. The molecule has 7 nitrogen and oxygen atoms in total. The number of urea groups is 1. The monoisotopic (exact) mass is 347 g/mol. The lowest BCUT2D eigenvalue weighted by molar-refractivity contribution is 0.0951. The summed E-state index contributed by atoms with van der Waals surface area (Å²) in [5.41, 5.74) is 2.01. The third-order valence-electron chi connectivity index (χ3n) is 4.67. The minimum atomic E-state index is -0.539. The predicted molar refractivity (Wildman–Crippen MR) is 93.7 cm³/mol. The number of aliphatic hydroxyl groups is 1. The molecule has 0 aromatic heterocycles. The quantitative estimate of drug-likeness (QED) is 0.753. The first-order chi connectivity index (χ1) is 12.0. The maximum atomic E-state index is 12.6. The maximum absolute atomic E-state index is 12.6. The highest BCUT2D eigenvalue weighted by molar-refractivity contribution is 5.97. The lowest BCUT2D eigenvalue weighted by atomic mass is 10.1. The van der Waals surface area contributed by atoms with Crippen molar-refractivity contribution in [2.75, 3.05) is 25.6 Å². The van der Waals surface area contributed by atoms with Crippen LogP contribution < -0.4 is 10.6 Å². The van der Waals surface area contributed by atoms with Crippen LogP contribution >= 0.6 is 0 Å². The van der Waals surface area contributed by atoms with Gasteiger partial charge in [-0.25, -0.2) is 4.79 Å². The van der Waals surface area contributed by atoms with Gasteiger partial charge in [-0.2, -0.15) is 0 Å². The number of nitrogens with one attached hydrogen (secondary N) is 2. The van der Waals surface area contributed by atoms with E-state index in [4.69, 9.17) is 4.74 Å². The van der Waals surface area contributed by atoms with Crippen molar-refractivity contribution in [1.82, 2.24) is 10.2 Å². The SMILES string of the molecule is COC[C@@H]1C[C@@H](O)CN1C(=O)Nc1cc(C(=O)NC2CC2)ccc1C. The van der Waals surface area contributed by atoms with Crippen LogP contribution in [0.5, 0.6) is 0 Å². The summed E-state index contributed by atoms with van der Waals surface area (Å²) < 4.78 is 5.14. The van der Waals surface area contributed by atoms with Crippen LogP contribution in [0.4, 0.5) is 10.5 Å². The van der Waals surface area contributed by atoms with Crippen molar-refractivity contribution in [2.24, 2.45) is 0 Å². The average molecular weight is 347 g/mol. The molecule has 1 heterocycles. The standard InChI is InChI=1S/C18H25N3O4/c1-11-3-4-12(17(23)19-13-5-6-13)7-16(11)20-18(24)21-9-15(22)8-14(21)10-25-2/h3-4,7,13-15,22H,5-6,8-10H2,1-2H3,(H,19,23)(H,20,24)/t14-,15+/m0/s1. The van der Waals surface area contributed by atoms with E-state index in [-0.39, 0.29) is 30.6 Å². The second-order valence-electron chi connectivity index (χ2n) is 6.86. The molecule has 1 aromatic rings. The molecular formula is C18H25N3O4. The highest BCUT2D eigenvalue weighted by Gasteiger charge is 2.34. The Morgan fingerprint density at radius 1 is 1.36 bits per heavy atom. The van der Waals surface area contributed by atoms with Crippen molar-refractivity contribution in [1.29, 1.82) is 0 Å². The summed E-state index contributed by atoms with van der Waals surface area (Å²) in [6.07, 6.45) is 2.02. The fourth-order valence-electron chi connectivity index (χ4n) is 3.07. The maximum Gasteiger partial charge on any atom is 0.322 e.